The van der Waals surface area contributed by atoms with E-state index < -0.39 is 0 Å². The summed E-state index contributed by atoms with van der Waals surface area (Å²) >= 11 is 6.73. The fourth-order valence-electron chi connectivity index (χ4n) is 0.763. The number of alkyl halides is 1. The molecule has 0 N–H and O–H groups in total. The molecule has 0 radical (unpaired) electrons. The van der Waals surface area contributed by atoms with E-state index in [0.29, 0.717) is 0 Å². The zero-order chi connectivity index (χ0) is 8.27. The summed E-state index contributed by atoms with van der Waals surface area (Å²) in [6, 6.07) is 8.13. The highest BCUT2D eigenvalue weighted by Crippen LogP contribution is 2.17. The summed E-state index contributed by atoms with van der Waals surface area (Å²) in [6.07, 6.45) is 0. The number of halogens is 2. The van der Waals surface area contributed by atoms with Gasteiger partial charge in [-0.3, -0.25) is 0 Å². The lowest BCUT2D eigenvalue weighted by molar-refractivity contribution is 1.57. The quantitative estimate of drug-likeness (QED) is 0.719. The van der Waals surface area contributed by atoms with Gasteiger partial charge in [0.05, 0.1) is 0 Å². The lowest BCUT2D eigenvalue weighted by Gasteiger charge is -2.00. The molecule has 0 unspecified atom stereocenters. The van der Waals surface area contributed by atoms with Gasteiger partial charge < -0.3 is 0 Å². The minimum atomic E-state index is 0.828. The van der Waals surface area contributed by atoms with Gasteiger partial charge in [-0.05, 0) is 23.3 Å². The van der Waals surface area contributed by atoms with Crippen LogP contribution in [0.4, 0.5) is 0 Å². The van der Waals surface area contributed by atoms with Gasteiger partial charge in [-0.1, -0.05) is 50.6 Å². The SMILES string of the molecule is C=C(CBr)c1ccc(Br)cc1. The minimum Gasteiger partial charge on any atom is -0.0944 e. The number of allylic oxidation sites excluding steroid dienone is 1. The maximum absolute atomic E-state index is 3.91. The van der Waals surface area contributed by atoms with Crippen LogP contribution in [0.1, 0.15) is 5.56 Å². The highest BCUT2D eigenvalue weighted by Gasteiger charge is 1.94. The van der Waals surface area contributed by atoms with Gasteiger partial charge in [0, 0.05) is 9.80 Å². The lowest BCUT2D eigenvalue weighted by atomic mass is 10.1. The highest BCUT2D eigenvalue weighted by molar-refractivity contribution is 9.10. The Kier molecular flexibility index (Phi) is 3.34. The molecule has 0 bridgehead atoms. The predicted molar refractivity (Wildman–Crippen MR) is 57.0 cm³/mol. The molecule has 58 valence electrons. The van der Waals surface area contributed by atoms with Crippen LogP contribution >= 0.6 is 31.9 Å². The number of hydrogen-bond donors (Lipinski definition) is 0. The van der Waals surface area contributed by atoms with Crippen molar-refractivity contribution in [1.29, 1.82) is 0 Å². The standard InChI is InChI=1S/C9H8Br2/c1-7(6-10)8-2-4-9(11)5-3-8/h2-5H,1,6H2. The van der Waals surface area contributed by atoms with E-state index in [1.807, 2.05) is 24.3 Å². The normalized spacial score (nSPS) is 9.64. The van der Waals surface area contributed by atoms with E-state index in [-0.39, 0.29) is 0 Å². The average Bonchev–Trinajstić information content (AvgIpc) is 2.05. The Morgan fingerprint density at radius 1 is 1.27 bits per heavy atom. The van der Waals surface area contributed by atoms with Crippen molar-refractivity contribution < 1.29 is 0 Å². The third kappa shape index (κ3) is 2.46. The van der Waals surface area contributed by atoms with Crippen molar-refractivity contribution >= 4 is 37.4 Å². The maximum atomic E-state index is 3.91. The summed E-state index contributed by atoms with van der Waals surface area (Å²) in [4.78, 5) is 0. The van der Waals surface area contributed by atoms with Crippen LogP contribution in [-0.2, 0) is 0 Å². The molecule has 0 heterocycles. The van der Waals surface area contributed by atoms with Gasteiger partial charge in [0.1, 0.15) is 0 Å². The summed E-state index contributed by atoms with van der Waals surface area (Å²) in [7, 11) is 0. The Morgan fingerprint density at radius 2 is 1.82 bits per heavy atom. The largest absolute Gasteiger partial charge is 0.0944 e. The average molecular weight is 276 g/mol. The van der Waals surface area contributed by atoms with Crippen LogP contribution in [0.2, 0.25) is 0 Å². The van der Waals surface area contributed by atoms with E-state index in [4.69, 9.17) is 0 Å². The van der Waals surface area contributed by atoms with Crippen molar-refractivity contribution in [3.63, 3.8) is 0 Å². The molecule has 0 spiro atoms. The zero-order valence-electron chi connectivity index (χ0n) is 5.98. The van der Waals surface area contributed by atoms with Crippen molar-refractivity contribution in [1.82, 2.24) is 0 Å². The van der Waals surface area contributed by atoms with Crippen LogP contribution in [0.3, 0.4) is 0 Å². The van der Waals surface area contributed by atoms with Crippen molar-refractivity contribution in [3.8, 4) is 0 Å². The molecule has 0 aromatic heterocycles. The van der Waals surface area contributed by atoms with Gasteiger partial charge in [0.2, 0.25) is 0 Å². The smallest absolute Gasteiger partial charge is 0.0283 e. The Labute approximate surface area is 83.6 Å². The van der Waals surface area contributed by atoms with Gasteiger partial charge in [-0.15, -0.1) is 0 Å². The van der Waals surface area contributed by atoms with Gasteiger partial charge in [0.25, 0.3) is 0 Å². The molecule has 2 heteroatoms. The van der Waals surface area contributed by atoms with Crippen molar-refractivity contribution in [2.24, 2.45) is 0 Å². The van der Waals surface area contributed by atoms with Crippen molar-refractivity contribution in [3.05, 3.63) is 40.9 Å². The zero-order valence-corrected chi connectivity index (χ0v) is 9.15. The Hall–Kier alpha value is -0.0800. The highest BCUT2D eigenvalue weighted by atomic mass is 79.9. The molecule has 11 heavy (non-hydrogen) atoms. The summed E-state index contributed by atoms with van der Waals surface area (Å²) in [5, 5.41) is 0.828. The van der Waals surface area contributed by atoms with Crippen LogP contribution in [0.5, 0.6) is 0 Å². The summed E-state index contributed by atoms with van der Waals surface area (Å²) in [5.41, 5.74) is 2.29. The monoisotopic (exact) mass is 274 g/mol. The first-order chi connectivity index (χ1) is 5.24. The van der Waals surface area contributed by atoms with Crippen molar-refractivity contribution in [2.45, 2.75) is 0 Å². The molecular weight excluding hydrogens is 268 g/mol. The van der Waals surface area contributed by atoms with Gasteiger partial charge in [-0.2, -0.15) is 0 Å². The molecule has 0 amide bonds. The number of benzene rings is 1. The van der Waals surface area contributed by atoms with E-state index in [0.717, 1.165) is 15.4 Å². The number of hydrogen-bond acceptors (Lipinski definition) is 0. The lowest BCUT2D eigenvalue weighted by Crippen LogP contribution is -1.81. The maximum Gasteiger partial charge on any atom is 0.0283 e. The Bertz CT molecular complexity index is 249. The molecule has 1 aromatic rings. The first-order valence-electron chi connectivity index (χ1n) is 3.23. The number of rotatable bonds is 2. The molecule has 1 rings (SSSR count). The molecule has 0 fully saturated rings. The molecule has 0 aliphatic heterocycles. The van der Waals surface area contributed by atoms with E-state index >= 15 is 0 Å². The molecule has 0 saturated heterocycles. The second-order valence-electron chi connectivity index (χ2n) is 2.24. The molecule has 0 saturated carbocycles. The molecule has 0 aliphatic rings. The second-order valence-corrected chi connectivity index (χ2v) is 3.72. The molecular formula is C9H8Br2. The molecule has 1 aromatic carbocycles. The van der Waals surface area contributed by atoms with Crippen LogP contribution < -0.4 is 0 Å². The molecule has 0 aliphatic carbocycles. The van der Waals surface area contributed by atoms with Crippen LogP contribution in [0, 0.1) is 0 Å². The van der Waals surface area contributed by atoms with Gasteiger partial charge in [-0.25, -0.2) is 0 Å². The third-order valence-electron chi connectivity index (χ3n) is 1.41. The van der Waals surface area contributed by atoms with Gasteiger partial charge in [0.15, 0.2) is 0 Å². The topological polar surface area (TPSA) is 0 Å². The molecule has 0 nitrogen and oxygen atoms in total. The fourth-order valence-corrected chi connectivity index (χ4v) is 1.35. The summed E-state index contributed by atoms with van der Waals surface area (Å²) in [5.74, 6) is 0. The van der Waals surface area contributed by atoms with E-state index in [2.05, 4.69) is 38.4 Å². The van der Waals surface area contributed by atoms with Crippen LogP contribution in [0.25, 0.3) is 5.57 Å². The van der Waals surface area contributed by atoms with Gasteiger partial charge >= 0.3 is 0 Å². The van der Waals surface area contributed by atoms with Crippen molar-refractivity contribution in [2.75, 3.05) is 5.33 Å². The van der Waals surface area contributed by atoms with E-state index in [9.17, 15) is 0 Å². The fraction of sp³-hybridized carbons (Fsp3) is 0.111. The molecule has 0 atom stereocenters. The predicted octanol–water partition coefficient (Wildman–Crippen LogP) is 3.86. The van der Waals surface area contributed by atoms with E-state index in [1.54, 1.807) is 0 Å². The summed E-state index contributed by atoms with van der Waals surface area (Å²) < 4.78 is 1.10. The first kappa shape index (κ1) is 9.01. The third-order valence-corrected chi connectivity index (χ3v) is 2.62. The minimum absolute atomic E-state index is 0.828. The second kappa shape index (κ2) is 4.07. The van der Waals surface area contributed by atoms with E-state index in [1.165, 1.54) is 5.56 Å². The summed E-state index contributed by atoms with van der Waals surface area (Å²) in [6.45, 7) is 3.91. The first-order valence-corrected chi connectivity index (χ1v) is 5.15. The van der Waals surface area contributed by atoms with Crippen LogP contribution in [-0.4, -0.2) is 5.33 Å². The van der Waals surface area contributed by atoms with Crippen LogP contribution in [0.15, 0.2) is 35.3 Å². The Balaban J connectivity index is 2.90. The Morgan fingerprint density at radius 3 is 2.27 bits per heavy atom.